The van der Waals surface area contributed by atoms with Gasteiger partial charge in [0.2, 0.25) is 0 Å². The molecule has 1 aromatic rings. The van der Waals surface area contributed by atoms with E-state index in [1.165, 1.54) is 18.4 Å². The Morgan fingerprint density at radius 3 is 2.61 bits per heavy atom. The summed E-state index contributed by atoms with van der Waals surface area (Å²) in [4.78, 5) is 2.43. The minimum absolute atomic E-state index is 0.363. The first kappa shape index (κ1) is 13.6. The highest BCUT2D eigenvalue weighted by Gasteiger charge is 2.26. The summed E-state index contributed by atoms with van der Waals surface area (Å²) < 4.78 is 0. The number of hydrogen-bond donors (Lipinski definition) is 1. The average Bonchev–Trinajstić information content (AvgIpc) is 2.36. The summed E-state index contributed by atoms with van der Waals surface area (Å²) in [7, 11) is 0. The van der Waals surface area contributed by atoms with E-state index >= 15 is 0 Å². The number of aliphatic hydroxyl groups is 1. The maximum absolute atomic E-state index is 10.3. The standard InChI is InChI=1S/C16H25NO/c1-12-6-8-15(9-7-12)16(18)11-17-10-4-5-13(2)14(17)3/h6-9,13-14,16,18H,4-5,10-11H2,1-3H3. The van der Waals surface area contributed by atoms with Gasteiger partial charge in [-0.05, 0) is 44.7 Å². The van der Waals surface area contributed by atoms with Crippen LogP contribution in [0.2, 0.25) is 0 Å². The molecule has 1 saturated heterocycles. The molecule has 2 rings (SSSR count). The van der Waals surface area contributed by atoms with Crippen LogP contribution in [-0.4, -0.2) is 29.1 Å². The lowest BCUT2D eigenvalue weighted by Gasteiger charge is -2.39. The van der Waals surface area contributed by atoms with Crippen molar-refractivity contribution < 1.29 is 5.11 Å². The maximum atomic E-state index is 10.3. The Hall–Kier alpha value is -0.860. The first-order valence-electron chi connectivity index (χ1n) is 7.06. The Morgan fingerprint density at radius 2 is 1.94 bits per heavy atom. The quantitative estimate of drug-likeness (QED) is 0.887. The lowest BCUT2D eigenvalue weighted by Crippen LogP contribution is -2.44. The van der Waals surface area contributed by atoms with Crippen molar-refractivity contribution in [3.8, 4) is 0 Å². The van der Waals surface area contributed by atoms with Crippen LogP contribution in [0.3, 0.4) is 0 Å². The Bertz CT molecular complexity index is 373. The van der Waals surface area contributed by atoms with Gasteiger partial charge in [-0.15, -0.1) is 0 Å². The van der Waals surface area contributed by atoms with Crippen LogP contribution in [0, 0.1) is 12.8 Å². The van der Waals surface area contributed by atoms with Gasteiger partial charge in [0.25, 0.3) is 0 Å². The van der Waals surface area contributed by atoms with Crippen LogP contribution >= 0.6 is 0 Å². The molecular formula is C16H25NO. The van der Waals surface area contributed by atoms with Crippen LogP contribution in [0.5, 0.6) is 0 Å². The molecule has 2 nitrogen and oxygen atoms in total. The number of β-amino-alcohol motifs (C(OH)–C–C–N with tert-alkyl or cyclic N) is 1. The molecule has 18 heavy (non-hydrogen) atoms. The van der Waals surface area contributed by atoms with Crippen molar-refractivity contribution in [2.45, 2.75) is 45.8 Å². The molecule has 1 N–H and O–H groups in total. The minimum atomic E-state index is -0.363. The predicted molar refractivity (Wildman–Crippen MR) is 75.6 cm³/mol. The van der Waals surface area contributed by atoms with Gasteiger partial charge in [-0.1, -0.05) is 36.8 Å². The van der Waals surface area contributed by atoms with E-state index in [0.29, 0.717) is 6.04 Å². The Morgan fingerprint density at radius 1 is 1.28 bits per heavy atom. The van der Waals surface area contributed by atoms with Crippen LogP contribution < -0.4 is 0 Å². The predicted octanol–water partition coefficient (Wildman–Crippen LogP) is 3.15. The van der Waals surface area contributed by atoms with Gasteiger partial charge in [-0.25, -0.2) is 0 Å². The monoisotopic (exact) mass is 247 g/mol. The van der Waals surface area contributed by atoms with Crippen molar-refractivity contribution in [1.82, 2.24) is 4.90 Å². The Balaban J connectivity index is 1.98. The van der Waals surface area contributed by atoms with Crippen LogP contribution in [0.4, 0.5) is 0 Å². The van der Waals surface area contributed by atoms with Gasteiger partial charge < -0.3 is 5.11 Å². The van der Waals surface area contributed by atoms with E-state index in [1.807, 2.05) is 12.1 Å². The van der Waals surface area contributed by atoms with E-state index in [4.69, 9.17) is 0 Å². The zero-order valence-electron chi connectivity index (χ0n) is 11.8. The molecule has 0 radical (unpaired) electrons. The lowest BCUT2D eigenvalue weighted by atomic mass is 9.91. The van der Waals surface area contributed by atoms with Gasteiger partial charge in [0.05, 0.1) is 6.10 Å². The van der Waals surface area contributed by atoms with Crippen molar-refractivity contribution in [3.63, 3.8) is 0 Å². The fourth-order valence-corrected chi connectivity index (χ4v) is 2.79. The summed E-state index contributed by atoms with van der Waals surface area (Å²) in [6, 6.07) is 8.80. The Labute approximate surface area is 111 Å². The molecule has 1 aliphatic heterocycles. The summed E-state index contributed by atoms with van der Waals surface area (Å²) in [6.45, 7) is 8.55. The first-order valence-corrected chi connectivity index (χ1v) is 7.06. The second-order valence-electron chi connectivity index (χ2n) is 5.78. The average molecular weight is 247 g/mol. The van der Waals surface area contributed by atoms with Gasteiger partial charge in [0, 0.05) is 12.6 Å². The molecule has 1 heterocycles. The molecule has 0 saturated carbocycles. The molecular weight excluding hydrogens is 222 g/mol. The summed E-state index contributed by atoms with van der Waals surface area (Å²) in [6.07, 6.45) is 2.21. The van der Waals surface area contributed by atoms with Crippen molar-refractivity contribution in [3.05, 3.63) is 35.4 Å². The molecule has 0 aliphatic carbocycles. The van der Waals surface area contributed by atoms with Crippen LogP contribution in [0.1, 0.15) is 43.9 Å². The molecule has 1 aromatic carbocycles. The zero-order chi connectivity index (χ0) is 13.1. The summed E-state index contributed by atoms with van der Waals surface area (Å²) in [5.74, 6) is 0.740. The highest BCUT2D eigenvalue weighted by atomic mass is 16.3. The third-order valence-electron chi connectivity index (χ3n) is 4.37. The van der Waals surface area contributed by atoms with Crippen molar-refractivity contribution in [1.29, 1.82) is 0 Å². The minimum Gasteiger partial charge on any atom is -0.387 e. The topological polar surface area (TPSA) is 23.5 Å². The summed E-state index contributed by atoms with van der Waals surface area (Å²) >= 11 is 0. The fourth-order valence-electron chi connectivity index (χ4n) is 2.79. The van der Waals surface area contributed by atoms with Crippen molar-refractivity contribution in [2.75, 3.05) is 13.1 Å². The summed E-state index contributed by atoms with van der Waals surface area (Å²) in [5.41, 5.74) is 2.27. The molecule has 0 spiro atoms. The first-order chi connectivity index (χ1) is 8.58. The van der Waals surface area contributed by atoms with Gasteiger partial charge in [-0.3, -0.25) is 4.90 Å². The number of aliphatic hydroxyl groups excluding tert-OH is 1. The zero-order valence-corrected chi connectivity index (χ0v) is 11.8. The van der Waals surface area contributed by atoms with Crippen LogP contribution in [0.25, 0.3) is 0 Å². The van der Waals surface area contributed by atoms with Gasteiger partial charge in [0.1, 0.15) is 0 Å². The number of nitrogens with zero attached hydrogens (tertiary/aromatic N) is 1. The van der Waals surface area contributed by atoms with Crippen molar-refractivity contribution in [2.24, 2.45) is 5.92 Å². The third-order valence-corrected chi connectivity index (χ3v) is 4.37. The van der Waals surface area contributed by atoms with Gasteiger partial charge in [-0.2, -0.15) is 0 Å². The van der Waals surface area contributed by atoms with E-state index in [-0.39, 0.29) is 6.10 Å². The third kappa shape index (κ3) is 3.12. The number of likely N-dealkylation sites (tertiary alicyclic amines) is 1. The van der Waals surface area contributed by atoms with Crippen LogP contribution in [-0.2, 0) is 0 Å². The largest absolute Gasteiger partial charge is 0.387 e. The van der Waals surface area contributed by atoms with E-state index in [9.17, 15) is 5.11 Å². The smallest absolute Gasteiger partial charge is 0.0917 e. The van der Waals surface area contributed by atoms with Crippen molar-refractivity contribution >= 4 is 0 Å². The van der Waals surface area contributed by atoms with Gasteiger partial charge >= 0.3 is 0 Å². The molecule has 0 aromatic heterocycles. The number of piperidine rings is 1. The lowest BCUT2D eigenvalue weighted by molar-refractivity contribution is 0.0513. The molecule has 0 bridgehead atoms. The van der Waals surface area contributed by atoms with E-state index < -0.39 is 0 Å². The van der Waals surface area contributed by atoms with E-state index in [0.717, 1.165) is 24.6 Å². The Kier molecular flexibility index (Phi) is 4.41. The maximum Gasteiger partial charge on any atom is 0.0917 e. The number of aryl methyl sites for hydroxylation is 1. The molecule has 1 aliphatic rings. The molecule has 2 heteroatoms. The molecule has 0 amide bonds. The molecule has 3 atom stereocenters. The highest BCUT2D eigenvalue weighted by molar-refractivity contribution is 5.23. The van der Waals surface area contributed by atoms with Crippen LogP contribution in [0.15, 0.2) is 24.3 Å². The second-order valence-corrected chi connectivity index (χ2v) is 5.78. The molecule has 100 valence electrons. The molecule has 1 fully saturated rings. The number of rotatable bonds is 3. The van der Waals surface area contributed by atoms with Gasteiger partial charge in [0.15, 0.2) is 0 Å². The summed E-state index contributed by atoms with van der Waals surface area (Å²) in [5, 5.41) is 10.3. The number of benzene rings is 1. The number of hydrogen-bond acceptors (Lipinski definition) is 2. The van der Waals surface area contributed by atoms with E-state index in [2.05, 4.69) is 37.8 Å². The SMILES string of the molecule is Cc1ccc(C(O)CN2CCCC(C)C2C)cc1. The van der Waals surface area contributed by atoms with E-state index in [1.54, 1.807) is 0 Å². The second kappa shape index (κ2) is 5.85. The normalized spacial score (nSPS) is 27.1. The molecule has 3 unspecified atom stereocenters. The fraction of sp³-hybridized carbons (Fsp3) is 0.625. The highest BCUT2D eigenvalue weighted by Crippen LogP contribution is 2.25.